The molecule has 29 heavy (non-hydrogen) atoms. The number of fused-ring (bicyclic) bond motifs is 1. The van der Waals surface area contributed by atoms with Gasteiger partial charge in [0, 0.05) is 17.5 Å². The minimum Gasteiger partial charge on any atom is -0.268 e. The van der Waals surface area contributed by atoms with Gasteiger partial charge in [0.25, 0.3) is 5.56 Å². The Morgan fingerprint density at radius 1 is 1.00 bits per heavy atom. The summed E-state index contributed by atoms with van der Waals surface area (Å²) in [7, 11) is 0. The first kappa shape index (κ1) is 20.8. The molecule has 0 N–H and O–H groups in total. The van der Waals surface area contributed by atoms with E-state index in [0.29, 0.717) is 27.4 Å². The topological polar surface area (TPSA) is 34.9 Å². The number of hydrogen-bond acceptors (Lipinski definition) is 2. The summed E-state index contributed by atoms with van der Waals surface area (Å²) in [6.07, 6.45) is 3.68. The second-order valence-corrected chi connectivity index (χ2v) is 9.65. The Balaban J connectivity index is 2.02. The van der Waals surface area contributed by atoms with Crippen molar-refractivity contribution < 1.29 is 0 Å². The molecule has 0 saturated heterocycles. The number of benzene rings is 3. The Labute approximate surface area is 202 Å². The molecule has 0 atom stereocenters. The fourth-order valence-corrected chi connectivity index (χ4v) is 4.41. The summed E-state index contributed by atoms with van der Waals surface area (Å²) >= 11 is 15.5. The van der Waals surface area contributed by atoms with E-state index in [4.69, 9.17) is 16.6 Å². The maximum Gasteiger partial charge on any atom is 0.266 e. The number of hydrogen-bond donors (Lipinski definition) is 0. The van der Waals surface area contributed by atoms with Gasteiger partial charge in [0.05, 0.1) is 16.6 Å². The van der Waals surface area contributed by atoms with Gasteiger partial charge in [-0.05, 0) is 98.7 Å². The first-order valence-corrected chi connectivity index (χ1v) is 11.6. The molecule has 0 fully saturated rings. The zero-order valence-electron chi connectivity index (χ0n) is 14.7. The minimum atomic E-state index is -0.133. The summed E-state index contributed by atoms with van der Waals surface area (Å²) < 4.78 is 4.25. The number of halogens is 4. The number of rotatable bonds is 3. The molecule has 0 bridgehead atoms. The molecule has 0 amide bonds. The van der Waals surface area contributed by atoms with Crippen LogP contribution >= 0.6 is 66.1 Å². The predicted octanol–water partition coefficient (Wildman–Crippen LogP) is 7.34. The molecule has 0 unspecified atom stereocenters. The van der Waals surface area contributed by atoms with Gasteiger partial charge in [-0.25, -0.2) is 4.98 Å². The lowest BCUT2D eigenvalue weighted by molar-refractivity contribution is 0.938. The molecule has 0 spiro atoms. The zero-order chi connectivity index (χ0) is 20.5. The van der Waals surface area contributed by atoms with Crippen LogP contribution in [0.4, 0.5) is 0 Å². The van der Waals surface area contributed by atoms with Crippen LogP contribution in [0, 0.1) is 3.57 Å². The van der Waals surface area contributed by atoms with Gasteiger partial charge in [0.1, 0.15) is 5.82 Å². The molecule has 0 saturated carbocycles. The third-order valence-corrected chi connectivity index (χ3v) is 6.50. The van der Waals surface area contributed by atoms with Gasteiger partial charge in [0.2, 0.25) is 0 Å². The van der Waals surface area contributed by atoms with Crippen molar-refractivity contribution in [3.8, 4) is 5.69 Å². The van der Waals surface area contributed by atoms with Gasteiger partial charge in [-0.15, -0.1) is 0 Å². The van der Waals surface area contributed by atoms with Crippen LogP contribution in [0.1, 0.15) is 11.4 Å². The van der Waals surface area contributed by atoms with Crippen LogP contribution in [0.15, 0.2) is 74.4 Å². The van der Waals surface area contributed by atoms with E-state index < -0.39 is 0 Å². The Kier molecular flexibility index (Phi) is 6.24. The standard InChI is InChI=1S/C22H12Br2ClIN2O/c23-14-6-8-17(24)20(11-14)28-21(10-5-13-3-1-2-4-18(13)25)27-19-9-7-15(26)12-16(19)22(28)29/h1-12H/b10-5+. The fraction of sp³-hybridized carbons (Fsp3) is 0. The second-order valence-electron chi connectivity index (χ2n) is 6.22. The first-order valence-electron chi connectivity index (χ1n) is 8.54. The molecule has 4 aromatic rings. The van der Waals surface area contributed by atoms with Gasteiger partial charge in [-0.3, -0.25) is 9.36 Å². The molecule has 1 aromatic heterocycles. The van der Waals surface area contributed by atoms with Crippen LogP contribution < -0.4 is 5.56 Å². The van der Waals surface area contributed by atoms with Crippen molar-refractivity contribution in [1.29, 1.82) is 0 Å². The fourth-order valence-electron chi connectivity index (χ4n) is 2.95. The van der Waals surface area contributed by atoms with Crippen LogP contribution in [-0.2, 0) is 0 Å². The lowest BCUT2D eigenvalue weighted by Crippen LogP contribution is -2.22. The van der Waals surface area contributed by atoms with Crippen LogP contribution in [0.2, 0.25) is 5.02 Å². The Bertz CT molecular complexity index is 1330. The summed E-state index contributed by atoms with van der Waals surface area (Å²) in [5.41, 5.74) is 2.07. The van der Waals surface area contributed by atoms with Crippen molar-refractivity contribution in [1.82, 2.24) is 9.55 Å². The third kappa shape index (κ3) is 4.35. The van der Waals surface area contributed by atoms with E-state index in [1.54, 1.807) is 4.57 Å². The van der Waals surface area contributed by atoms with Crippen molar-refractivity contribution in [2.24, 2.45) is 0 Å². The summed E-state index contributed by atoms with van der Waals surface area (Å²) in [6, 6.07) is 18.9. The highest BCUT2D eigenvalue weighted by Gasteiger charge is 2.14. The monoisotopic (exact) mass is 640 g/mol. The summed E-state index contributed by atoms with van der Waals surface area (Å²) in [4.78, 5) is 18.2. The SMILES string of the molecule is O=c1c2cc(I)ccc2nc(/C=C/c2ccccc2Cl)n1-c1cc(Br)ccc1Br. The van der Waals surface area contributed by atoms with Crippen LogP contribution in [0.25, 0.3) is 28.7 Å². The highest BCUT2D eigenvalue weighted by atomic mass is 127. The molecule has 1 heterocycles. The van der Waals surface area contributed by atoms with E-state index in [1.807, 2.05) is 72.8 Å². The van der Waals surface area contributed by atoms with E-state index in [9.17, 15) is 4.79 Å². The van der Waals surface area contributed by atoms with E-state index in [-0.39, 0.29) is 5.56 Å². The maximum atomic E-state index is 13.5. The van der Waals surface area contributed by atoms with Gasteiger partial charge in [-0.2, -0.15) is 0 Å². The highest BCUT2D eigenvalue weighted by molar-refractivity contribution is 14.1. The normalized spacial score (nSPS) is 11.4. The molecule has 0 aliphatic carbocycles. The van der Waals surface area contributed by atoms with Crippen molar-refractivity contribution in [2.75, 3.05) is 0 Å². The Morgan fingerprint density at radius 2 is 1.79 bits per heavy atom. The van der Waals surface area contributed by atoms with Crippen molar-refractivity contribution >= 4 is 89.1 Å². The van der Waals surface area contributed by atoms with Crippen LogP contribution in [0.3, 0.4) is 0 Å². The molecule has 0 aliphatic heterocycles. The van der Waals surface area contributed by atoms with Gasteiger partial charge >= 0.3 is 0 Å². The van der Waals surface area contributed by atoms with Crippen molar-refractivity contribution in [2.45, 2.75) is 0 Å². The predicted molar refractivity (Wildman–Crippen MR) is 136 cm³/mol. The summed E-state index contributed by atoms with van der Waals surface area (Å²) in [5, 5.41) is 1.20. The third-order valence-electron chi connectivity index (χ3n) is 4.32. The van der Waals surface area contributed by atoms with Crippen molar-refractivity contribution in [3.63, 3.8) is 0 Å². The average Bonchev–Trinajstić information content (AvgIpc) is 2.70. The molecular formula is C22H12Br2ClIN2O. The molecule has 0 radical (unpaired) electrons. The van der Waals surface area contributed by atoms with Crippen molar-refractivity contribution in [3.05, 3.63) is 99.9 Å². The molecule has 7 heteroatoms. The lowest BCUT2D eigenvalue weighted by atomic mass is 10.2. The zero-order valence-corrected chi connectivity index (χ0v) is 20.8. The Hall–Kier alpha value is -1.48. The second kappa shape index (κ2) is 8.71. The summed E-state index contributed by atoms with van der Waals surface area (Å²) in [5.74, 6) is 0.516. The van der Waals surface area contributed by atoms with Gasteiger partial charge < -0.3 is 0 Å². The lowest BCUT2D eigenvalue weighted by Gasteiger charge is -2.14. The quantitative estimate of drug-likeness (QED) is 0.219. The molecule has 3 aromatic carbocycles. The molecular weight excluding hydrogens is 630 g/mol. The van der Waals surface area contributed by atoms with E-state index >= 15 is 0 Å². The van der Waals surface area contributed by atoms with E-state index in [1.165, 1.54) is 0 Å². The van der Waals surface area contributed by atoms with Gasteiger partial charge in [-0.1, -0.05) is 45.7 Å². The Morgan fingerprint density at radius 3 is 2.59 bits per heavy atom. The number of aromatic nitrogens is 2. The smallest absolute Gasteiger partial charge is 0.266 e. The largest absolute Gasteiger partial charge is 0.268 e. The maximum absolute atomic E-state index is 13.5. The molecule has 4 rings (SSSR count). The van der Waals surface area contributed by atoms with Crippen LogP contribution in [0.5, 0.6) is 0 Å². The minimum absolute atomic E-state index is 0.133. The van der Waals surface area contributed by atoms with Gasteiger partial charge in [0.15, 0.2) is 0 Å². The van der Waals surface area contributed by atoms with Crippen LogP contribution in [-0.4, -0.2) is 9.55 Å². The number of nitrogens with zero attached hydrogens (tertiary/aromatic N) is 2. The average molecular weight is 643 g/mol. The molecule has 144 valence electrons. The first-order chi connectivity index (χ1) is 13.9. The highest BCUT2D eigenvalue weighted by Crippen LogP contribution is 2.27. The van der Waals surface area contributed by atoms with E-state index in [2.05, 4.69) is 54.5 Å². The summed E-state index contributed by atoms with van der Waals surface area (Å²) in [6.45, 7) is 0. The molecule has 3 nitrogen and oxygen atoms in total. The van der Waals surface area contributed by atoms with E-state index in [0.717, 1.165) is 18.1 Å². The molecule has 0 aliphatic rings.